The molecular formula is C20H21FN4O. The molecule has 0 atom stereocenters. The third kappa shape index (κ3) is 3.64. The fraction of sp³-hybridized carbons (Fsp3) is 0.250. The van der Waals surface area contributed by atoms with Crippen molar-refractivity contribution in [2.45, 2.75) is 33.1 Å². The summed E-state index contributed by atoms with van der Waals surface area (Å²) in [5.41, 5.74) is 1.36. The first kappa shape index (κ1) is 17.8. The zero-order valence-corrected chi connectivity index (χ0v) is 15.2. The first-order chi connectivity index (χ1) is 12.3. The van der Waals surface area contributed by atoms with Crippen molar-refractivity contribution in [3.05, 3.63) is 71.3 Å². The zero-order valence-electron chi connectivity index (χ0n) is 15.2. The van der Waals surface area contributed by atoms with Gasteiger partial charge >= 0.3 is 0 Å². The Kier molecular flexibility index (Phi) is 4.59. The number of anilines is 1. The molecule has 1 amide bonds. The number of aromatic nitrogens is 3. The number of hydrogen-bond donors (Lipinski definition) is 1. The highest BCUT2D eigenvalue weighted by Gasteiger charge is 2.22. The fourth-order valence-electron chi connectivity index (χ4n) is 2.41. The van der Waals surface area contributed by atoms with Crippen LogP contribution in [-0.2, 0) is 5.41 Å². The Labute approximate surface area is 151 Å². The maximum atomic E-state index is 13.8. The minimum atomic E-state index is -0.411. The Bertz CT molecular complexity index is 942. The van der Waals surface area contributed by atoms with Gasteiger partial charge in [-0.15, -0.1) is 0 Å². The number of rotatable bonds is 3. The first-order valence-corrected chi connectivity index (χ1v) is 8.35. The van der Waals surface area contributed by atoms with Crippen molar-refractivity contribution in [2.24, 2.45) is 0 Å². The Morgan fingerprint density at radius 3 is 2.54 bits per heavy atom. The van der Waals surface area contributed by atoms with Crippen LogP contribution in [0.15, 0.2) is 48.7 Å². The number of nitrogens with one attached hydrogen (secondary N) is 1. The molecule has 3 aromatic rings. The van der Waals surface area contributed by atoms with E-state index in [0.29, 0.717) is 17.2 Å². The summed E-state index contributed by atoms with van der Waals surface area (Å²) in [6.45, 7) is 7.78. The second kappa shape index (κ2) is 6.71. The number of hydrogen-bond acceptors (Lipinski definition) is 3. The van der Waals surface area contributed by atoms with Crippen LogP contribution in [0.25, 0.3) is 5.82 Å². The average Bonchev–Trinajstić information content (AvgIpc) is 3.02. The molecule has 0 aliphatic carbocycles. The van der Waals surface area contributed by atoms with Gasteiger partial charge in [-0.2, -0.15) is 9.78 Å². The fourth-order valence-corrected chi connectivity index (χ4v) is 2.41. The first-order valence-electron chi connectivity index (χ1n) is 8.35. The van der Waals surface area contributed by atoms with Gasteiger partial charge in [0.15, 0.2) is 5.82 Å². The highest BCUT2D eigenvalue weighted by atomic mass is 19.1. The van der Waals surface area contributed by atoms with E-state index in [-0.39, 0.29) is 11.0 Å². The molecule has 134 valence electrons. The normalized spacial score (nSPS) is 11.4. The van der Waals surface area contributed by atoms with E-state index < -0.39 is 11.7 Å². The van der Waals surface area contributed by atoms with Gasteiger partial charge < -0.3 is 5.32 Å². The summed E-state index contributed by atoms with van der Waals surface area (Å²) in [7, 11) is 0. The number of pyridine rings is 1. The van der Waals surface area contributed by atoms with Crippen LogP contribution >= 0.6 is 0 Å². The van der Waals surface area contributed by atoms with Crippen LogP contribution in [0, 0.1) is 12.7 Å². The number of benzene rings is 1. The van der Waals surface area contributed by atoms with Gasteiger partial charge in [0.1, 0.15) is 11.6 Å². The van der Waals surface area contributed by atoms with Crippen molar-refractivity contribution < 1.29 is 9.18 Å². The van der Waals surface area contributed by atoms with E-state index in [4.69, 9.17) is 0 Å². The molecule has 0 saturated carbocycles. The molecule has 2 heterocycles. The summed E-state index contributed by atoms with van der Waals surface area (Å²) >= 11 is 0. The minimum absolute atomic E-state index is 0.199. The Morgan fingerprint density at radius 1 is 1.15 bits per heavy atom. The Morgan fingerprint density at radius 2 is 1.92 bits per heavy atom. The van der Waals surface area contributed by atoms with Gasteiger partial charge in [0.05, 0.1) is 5.69 Å². The smallest absolute Gasteiger partial charge is 0.256 e. The summed E-state index contributed by atoms with van der Waals surface area (Å²) in [4.78, 5) is 16.9. The molecule has 1 aromatic carbocycles. The molecule has 5 nitrogen and oxygen atoms in total. The Hall–Kier alpha value is -3.02. The minimum Gasteiger partial charge on any atom is -0.306 e. The largest absolute Gasteiger partial charge is 0.306 e. The van der Waals surface area contributed by atoms with Crippen molar-refractivity contribution in [2.75, 3.05) is 5.32 Å². The Balaban J connectivity index is 1.99. The number of nitrogens with zero attached hydrogens (tertiary/aromatic N) is 3. The van der Waals surface area contributed by atoms with E-state index in [1.807, 2.05) is 39.0 Å². The van der Waals surface area contributed by atoms with E-state index in [1.165, 1.54) is 6.07 Å². The predicted molar refractivity (Wildman–Crippen MR) is 99.1 cm³/mol. The second-order valence-electron chi connectivity index (χ2n) is 7.18. The van der Waals surface area contributed by atoms with Gasteiger partial charge in [-0.3, -0.25) is 4.79 Å². The van der Waals surface area contributed by atoms with E-state index in [0.717, 1.165) is 5.69 Å². The topological polar surface area (TPSA) is 59.8 Å². The molecule has 0 fully saturated rings. The van der Waals surface area contributed by atoms with Crippen molar-refractivity contribution in [3.63, 3.8) is 0 Å². The third-order valence-corrected chi connectivity index (χ3v) is 4.02. The maximum absolute atomic E-state index is 13.8. The lowest BCUT2D eigenvalue weighted by Gasteiger charge is -2.13. The van der Waals surface area contributed by atoms with Gasteiger partial charge in [0.2, 0.25) is 0 Å². The van der Waals surface area contributed by atoms with Crippen LogP contribution in [0.5, 0.6) is 0 Å². The highest BCUT2D eigenvalue weighted by molar-refractivity contribution is 6.04. The molecule has 26 heavy (non-hydrogen) atoms. The molecule has 0 spiro atoms. The molecule has 0 bridgehead atoms. The van der Waals surface area contributed by atoms with Gasteiger partial charge in [0.25, 0.3) is 5.91 Å². The van der Waals surface area contributed by atoms with Crippen molar-refractivity contribution in [1.29, 1.82) is 0 Å². The molecular weight excluding hydrogens is 331 g/mol. The van der Waals surface area contributed by atoms with Crippen LogP contribution in [0.3, 0.4) is 0 Å². The van der Waals surface area contributed by atoms with Crippen molar-refractivity contribution >= 4 is 11.7 Å². The zero-order chi connectivity index (χ0) is 18.9. The number of carbonyl (C=O) groups excluding carboxylic acids is 1. The van der Waals surface area contributed by atoms with E-state index in [1.54, 1.807) is 36.0 Å². The van der Waals surface area contributed by atoms with Crippen LogP contribution in [0.1, 0.15) is 42.4 Å². The number of amides is 1. The molecule has 6 heteroatoms. The summed E-state index contributed by atoms with van der Waals surface area (Å²) < 4.78 is 15.4. The number of halogens is 1. The number of carbonyl (C=O) groups is 1. The van der Waals surface area contributed by atoms with Gasteiger partial charge in [-0.25, -0.2) is 9.37 Å². The second-order valence-corrected chi connectivity index (χ2v) is 7.18. The van der Waals surface area contributed by atoms with Gasteiger partial charge in [-0.1, -0.05) is 32.9 Å². The SMILES string of the molecule is Cc1ccc(C(=O)Nc2cc(C(C)(C)C)nn2-c2ccccn2)cc1F. The highest BCUT2D eigenvalue weighted by Crippen LogP contribution is 2.26. The van der Waals surface area contributed by atoms with E-state index in [2.05, 4.69) is 15.4 Å². The summed E-state index contributed by atoms with van der Waals surface area (Å²) in [5.74, 6) is 0.265. The van der Waals surface area contributed by atoms with Crippen LogP contribution in [-0.4, -0.2) is 20.7 Å². The van der Waals surface area contributed by atoms with Gasteiger partial charge in [0, 0.05) is 23.2 Å². The molecule has 3 rings (SSSR count). The summed E-state index contributed by atoms with van der Waals surface area (Å²) in [6.07, 6.45) is 1.66. The lowest BCUT2D eigenvalue weighted by Crippen LogP contribution is -2.16. The molecule has 0 unspecified atom stereocenters. The quantitative estimate of drug-likeness (QED) is 0.766. The average molecular weight is 352 g/mol. The van der Waals surface area contributed by atoms with Crippen LogP contribution in [0.4, 0.5) is 10.2 Å². The summed E-state index contributed by atoms with van der Waals surface area (Å²) in [5, 5.41) is 7.41. The van der Waals surface area contributed by atoms with Crippen LogP contribution < -0.4 is 5.32 Å². The molecule has 1 N–H and O–H groups in total. The van der Waals surface area contributed by atoms with Gasteiger partial charge in [-0.05, 0) is 36.8 Å². The standard InChI is InChI=1S/C20H21FN4O/c1-13-8-9-14(11-15(13)21)19(26)23-18-12-16(20(2,3)4)24-25(18)17-7-5-6-10-22-17/h5-12H,1-4H3,(H,23,26). The number of aryl methyl sites for hydroxylation is 1. The maximum Gasteiger partial charge on any atom is 0.256 e. The van der Waals surface area contributed by atoms with Crippen LogP contribution in [0.2, 0.25) is 0 Å². The molecule has 0 radical (unpaired) electrons. The van der Waals surface area contributed by atoms with Crippen molar-refractivity contribution in [1.82, 2.24) is 14.8 Å². The van der Waals surface area contributed by atoms with E-state index in [9.17, 15) is 9.18 Å². The predicted octanol–water partition coefficient (Wildman–Crippen LogP) is 4.26. The third-order valence-electron chi connectivity index (χ3n) is 4.02. The van der Waals surface area contributed by atoms with Crippen molar-refractivity contribution in [3.8, 4) is 5.82 Å². The monoisotopic (exact) mass is 352 g/mol. The summed E-state index contributed by atoms with van der Waals surface area (Å²) in [6, 6.07) is 11.7. The molecule has 0 saturated heterocycles. The molecule has 0 aliphatic rings. The lowest BCUT2D eigenvalue weighted by atomic mass is 9.92. The van der Waals surface area contributed by atoms with E-state index >= 15 is 0 Å². The molecule has 0 aliphatic heterocycles. The molecule has 2 aromatic heterocycles. The lowest BCUT2D eigenvalue weighted by molar-refractivity contribution is 0.102.